The molecule has 0 N–H and O–H groups in total. The highest BCUT2D eigenvalue weighted by Gasteiger charge is 2.27. The monoisotopic (exact) mass is 384 g/mol. The summed E-state index contributed by atoms with van der Waals surface area (Å²) in [6.45, 7) is 0. The van der Waals surface area contributed by atoms with Crippen LogP contribution in [0, 0.1) is 0 Å². The predicted molar refractivity (Wildman–Crippen MR) is 116 cm³/mol. The highest BCUT2D eigenvalue weighted by molar-refractivity contribution is 6.07. The molecule has 0 saturated carbocycles. The molecule has 146 valence electrons. The quantitative estimate of drug-likeness (QED) is 0.765. The number of allylic oxidation sites excluding steroid dienone is 5. The van der Waals surface area contributed by atoms with Gasteiger partial charge in [0.1, 0.15) is 14.1 Å². The number of nitrogens with zero attached hydrogens (tertiary/aromatic N) is 2. The van der Waals surface area contributed by atoms with Crippen LogP contribution < -0.4 is 10.0 Å². The summed E-state index contributed by atoms with van der Waals surface area (Å²) >= 11 is 0. The third-order valence-corrected chi connectivity index (χ3v) is 5.55. The Morgan fingerprint density at radius 1 is 1.03 bits per heavy atom. The van der Waals surface area contributed by atoms with Gasteiger partial charge in [-0.1, -0.05) is 30.3 Å². The van der Waals surface area contributed by atoms with Gasteiger partial charge in [-0.25, -0.2) is 4.58 Å². The maximum atomic E-state index is 11.8. The van der Waals surface area contributed by atoms with Gasteiger partial charge in [0, 0.05) is 37.5 Å². The van der Waals surface area contributed by atoms with Crippen molar-refractivity contribution in [3.8, 4) is 0 Å². The molecule has 2 aromatic rings. The van der Waals surface area contributed by atoms with E-state index in [1.54, 1.807) is 12.1 Å². The first-order chi connectivity index (χ1) is 13.9. The molecule has 2 aromatic carbocycles. The summed E-state index contributed by atoms with van der Waals surface area (Å²) < 4.78 is 2.08. The Bertz CT molecular complexity index is 1140. The Hall–Kier alpha value is -3.40. The zero-order chi connectivity index (χ0) is 20.7. The lowest BCUT2D eigenvalue weighted by atomic mass is 9.76. The molecule has 0 spiro atoms. The largest absolute Gasteiger partial charge is 0.545 e. The minimum absolute atomic E-state index is 0.217. The minimum Gasteiger partial charge on any atom is -0.545 e. The fourth-order valence-electron chi connectivity index (χ4n) is 4.02. The first-order valence-electron chi connectivity index (χ1n) is 9.65. The van der Waals surface area contributed by atoms with Crippen LogP contribution in [0.3, 0.4) is 0 Å². The highest BCUT2D eigenvalue weighted by Crippen LogP contribution is 2.42. The summed E-state index contributed by atoms with van der Waals surface area (Å²) in [6.07, 6.45) is 7.20. The van der Waals surface area contributed by atoms with Crippen molar-refractivity contribution >= 4 is 22.9 Å². The molecule has 29 heavy (non-hydrogen) atoms. The fraction of sp³-hybridized carbons (Fsp3) is 0.200. The van der Waals surface area contributed by atoms with Gasteiger partial charge in [0.25, 0.3) is 0 Å². The standard InChI is InChI=1S/C25H24N2O2/c1-26(2)18-9-11-20-16(14-18)13-17-15-19(27(3)4)10-12-21(17)24(20)22-7-5-6-8-23(22)25(28)29/h5-12,14-15H,13H2,1-4H3. The summed E-state index contributed by atoms with van der Waals surface area (Å²) in [6, 6.07) is 13.5. The normalized spacial score (nSPS) is 14.9. The van der Waals surface area contributed by atoms with Crippen LogP contribution in [0.1, 0.15) is 27.0 Å². The second kappa shape index (κ2) is 7.21. The van der Waals surface area contributed by atoms with Crippen LogP contribution in [-0.4, -0.2) is 44.4 Å². The lowest BCUT2D eigenvalue weighted by Crippen LogP contribution is -2.24. The highest BCUT2D eigenvalue weighted by atomic mass is 16.4. The number of carbonyl (C=O) groups excluding carboxylic acids is 1. The van der Waals surface area contributed by atoms with Crippen molar-refractivity contribution in [2.75, 3.05) is 33.1 Å². The third kappa shape index (κ3) is 3.31. The first-order valence-corrected chi connectivity index (χ1v) is 9.65. The Morgan fingerprint density at radius 3 is 2.48 bits per heavy atom. The Kier molecular flexibility index (Phi) is 4.71. The molecule has 0 radical (unpaired) electrons. The molecule has 0 fully saturated rings. The Labute approximate surface area is 171 Å². The molecular formula is C25H24N2O2. The van der Waals surface area contributed by atoms with Crippen molar-refractivity contribution in [1.82, 2.24) is 0 Å². The van der Waals surface area contributed by atoms with Crippen molar-refractivity contribution in [3.63, 3.8) is 0 Å². The molecule has 0 saturated heterocycles. The maximum Gasteiger partial charge on any atom is 0.199 e. The fourth-order valence-corrected chi connectivity index (χ4v) is 4.02. The molecule has 0 bridgehead atoms. The molecule has 0 unspecified atom stereocenters. The lowest BCUT2D eigenvalue weighted by molar-refractivity contribution is -0.462. The van der Waals surface area contributed by atoms with E-state index in [4.69, 9.17) is 0 Å². The number of anilines is 1. The average Bonchev–Trinajstić information content (AvgIpc) is 2.70. The number of carbonyl (C=O) groups is 1. The summed E-state index contributed by atoms with van der Waals surface area (Å²) in [5.41, 5.74) is 8.68. The molecule has 2 aliphatic carbocycles. The molecule has 0 heterocycles. The number of rotatable bonds is 3. The van der Waals surface area contributed by atoms with Crippen molar-refractivity contribution in [1.29, 1.82) is 0 Å². The van der Waals surface area contributed by atoms with Crippen molar-refractivity contribution < 1.29 is 14.5 Å². The molecule has 0 atom stereocenters. The number of hydrogen-bond acceptors (Lipinski definition) is 3. The van der Waals surface area contributed by atoms with Crippen LogP contribution in [-0.2, 0) is 6.42 Å². The van der Waals surface area contributed by atoms with E-state index in [-0.39, 0.29) is 5.56 Å². The van der Waals surface area contributed by atoms with Gasteiger partial charge in [-0.05, 0) is 58.0 Å². The second-order valence-corrected chi connectivity index (χ2v) is 7.86. The maximum absolute atomic E-state index is 11.8. The molecule has 0 amide bonds. The van der Waals surface area contributed by atoms with Gasteiger partial charge in [0.05, 0.1) is 5.97 Å². The molecular weight excluding hydrogens is 360 g/mol. The van der Waals surface area contributed by atoms with Crippen LogP contribution in [0.15, 0.2) is 71.8 Å². The van der Waals surface area contributed by atoms with Gasteiger partial charge in [-0.3, -0.25) is 0 Å². The zero-order valence-electron chi connectivity index (χ0n) is 17.2. The minimum atomic E-state index is -1.16. The van der Waals surface area contributed by atoms with Crippen molar-refractivity contribution in [2.45, 2.75) is 6.42 Å². The summed E-state index contributed by atoms with van der Waals surface area (Å²) in [5, 5.41) is 11.8. The number of hydrogen-bond donors (Lipinski definition) is 0. The molecule has 2 aliphatic rings. The third-order valence-electron chi connectivity index (χ3n) is 5.55. The molecule has 0 aliphatic heterocycles. The van der Waals surface area contributed by atoms with Crippen LogP contribution >= 0.6 is 0 Å². The molecule has 4 nitrogen and oxygen atoms in total. The predicted octanol–water partition coefficient (Wildman–Crippen LogP) is 2.68. The number of aromatic carboxylic acids is 1. The van der Waals surface area contributed by atoms with E-state index in [1.807, 2.05) is 40.3 Å². The van der Waals surface area contributed by atoms with E-state index >= 15 is 0 Å². The van der Waals surface area contributed by atoms with Gasteiger partial charge in [0.15, 0.2) is 5.71 Å². The van der Waals surface area contributed by atoms with Crippen LogP contribution in [0.25, 0.3) is 5.57 Å². The van der Waals surface area contributed by atoms with E-state index < -0.39 is 5.97 Å². The number of benzene rings is 2. The SMILES string of the molecule is CN(C)c1ccc2c(c1)CC1=CC(=[N+](C)C)C=CC1=C2c1ccccc1C(=O)[O-]. The first kappa shape index (κ1) is 18.9. The number of carboxylic acid groups (broad SMARTS) is 1. The molecule has 4 rings (SSSR count). The van der Waals surface area contributed by atoms with Crippen molar-refractivity contribution in [3.05, 3.63) is 94.1 Å². The van der Waals surface area contributed by atoms with Gasteiger partial charge in [-0.2, -0.15) is 0 Å². The lowest BCUT2D eigenvalue weighted by Gasteiger charge is -2.28. The van der Waals surface area contributed by atoms with Crippen LogP contribution in [0.5, 0.6) is 0 Å². The van der Waals surface area contributed by atoms with E-state index in [1.165, 1.54) is 11.1 Å². The van der Waals surface area contributed by atoms with E-state index in [2.05, 4.69) is 45.9 Å². The van der Waals surface area contributed by atoms with Gasteiger partial charge >= 0.3 is 0 Å². The van der Waals surface area contributed by atoms with Gasteiger partial charge in [-0.15, -0.1) is 0 Å². The van der Waals surface area contributed by atoms with Crippen LogP contribution in [0.2, 0.25) is 0 Å². The Balaban J connectivity index is 2.04. The van der Waals surface area contributed by atoms with E-state index in [9.17, 15) is 9.90 Å². The summed E-state index contributed by atoms with van der Waals surface area (Å²) in [7, 11) is 8.11. The van der Waals surface area contributed by atoms with Gasteiger partial charge in [0.2, 0.25) is 0 Å². The smallest absolute Gasteiger partial charge is 0.199 e. The Morgan fingerprint density at radius 2 is 1.79 bits per heavy atom. The van der Waals surface area contributed by atoms with Crippen molar-refractivity contribution in [2.24, 2.45) is 0 Å². The topological polar surface area (TPSA) is 46.4 Å². The van der Waals surface area contributed by atoms with Crippen LogP contribution in [0.4, 0.5) is 5.69 Å². The second-order valence-electron chi connectivity index (χ2n) is 7.86. The summed E-state index contributed by atoms with van der Waals surface area (Å²) in [5.74, 6) is -1.16. The number of fused-ring (bicyclic) bond motifs is 2. The molecule has 0 aromatic heterocycles. The van der Waals surface area contributed by atoms with E-state index in [0.717, 1.165) is 34.5 Å². The molecule has 4 heteroatoms. The summed E-state index contributed by atoms with van der Waals surface area (Å²) in [4.78, 5) is 13.9. The van der Waals surface area contributed by atoms with E-state index in [0.29, 0.717) is 5.56 Å². The number of carboxylic acids is 1. The average molecular weight is 384 g/mol. The zero-order valence-corrected chi connectivity index (χ0v) is 17.2. The van der Waals surface area contributed by atoms with Gasteiger partial charge < -0.3 is 14.8 Å².